The summed E-state index contributed by atoms with van der Waals surface area (Å²) in [7, 11) is 0. The van der Waals surface area contributed by atoms with Crippen molar-refractivity contribution in [1.29, 1.82) is 0 Å². The second-order valence-corrected chi connectivity index (χ2v) is 6.50. The number of esters is 1. The molecule has 0 saturated carbocycles. The van der Waals surface area contributed by atoms with Crippen LogP contribution >= 0.6 is 23.1 Å². The summed E-state index contributed by atoms with van der Waals surface area (Å²) >= 11 is 3.24. The lowest BCUT2D eigenvalue weighted by Crippen LogP contribution is -2.17. The van der Waals surface area contributed by atoms with E-state index in [9.17, 15) is 9.59 Å². The molecule has 0 spiro atoms. The highest BCUT2D eigenvalue weighted by molar-refractivity contribution is 8.01. The van der Waals surface area contributed by atoms with Crippen LogP contribution < -0.4 is 5.56 Å². The zero-order valence-electron chi connectivity index (χ0n) is 10.3. The average molecular weight is 296 g/mol. The Morgan fingerprint density at radius 2 is 2.37 bits per heavy atom. The van der Waals surface area contributed by atoms with Gasteiger partial charge in [-0.3, -0.25) is 4.79 Å². The molecule has 5 nitrogen and oxygen atoms in total. The molecule has 1 aliphatic rings. The Morgan fingerprint density at radius 1 is 1.53 bits per heavy atom. The van der Waals surface area contributed by atoms with Crippen molar-refractivity contribution in [3.8, 4) is 0 Å². The molecule has 0 fully saturated rings. The third-order valence-electron chi connectivity index (χ3n) is 2.90. The second kappa shape index (κ2) is 4.97. The number of hydrogen-bond acceptors (Lipinski definition) is 6. The van der Waals surface area contributed by atoms with E-state index in [2.05, 4.69) is 9.97 Å². The van der Waals surface area contributed by atoms with Gasteiger partial charge in [-0.25, -0.2) is 9.78 Å². The summed E-state index contributed by atoms with van der Waals surface area (Å²) in [5, 5.41) is 0.639. The number of carbonyl (C=O) groups excluding carboxylic acids is 1. The minimum Gasteiger partial charge on any atom is -0.460 e. The molecule has 0 unspecified atom stereocenters. The number of fused-ring (bicyclic) bond motifs is 3. The van der Waals surface area contributed by atoms with Crippen LogP contribution in [0.15, 0.2) is 9.00 Å². The fraction of sp³-hybridized carbons (Fsp3) is 0.417. The van der Waals surface area contributed by atoms with Crippen molar-refractivity contribution in [3.05, 3.63) is 21.7 Å². The number of carbonyl (C=O) groups is 1. The molecule has 0 radical (unpaired) electrons. The van der Waals surface area contributed by atoms with E-state index in [0.717, 1.165) is 28.4 Å². The number of nitrogens with one attached hydrogen (secondary N) is 1. The summed E-state index contributed by atoms with van der Waals surface area (Å²) in [5.74, 6) is 0.478. The Balaban J connectivity index is 2.17. The van der Waals surface area contributed by atoms with Gasteiger partial charge in [0.05, 0.1) is 16.2 Å². The van der Waals surface area contributed by atoms with Crippen molar-refractivity contribution in [2.75, 3.05) is 12.4 Å². The van der Waals surface area contributed by atoms with Gasteiger partial charge in [-0.15, -0.1) is 23.1 Å². The number of hydrogen-bond donors (Lipinski definition) is 1. The Labute approximate surface area is 117 Å². The van der Waals surface area contributed by atoms with Crippen LogP contribution in [0, 0.1) is 0 Å². The van der Waals surface area contributed by atoms with Crippen molar-refractivity contribution < 1.29 is 9.53 Å². The van der Waals surface area contributed by atoms with Crippen molar-refractivity contribution in [2.24, 2.45) is 0 Å². The minimum absolute atomic E-state index is 0.0112. The topological polar surface area (TPSA) is 72.0 Å². The van der Waals surface area contributed by atoms with Crippen LogP contribution in [-0.2, 0) is 11.2 Å². The van der Waals surface area contributed by atoms with Gasteiger partial charge in [0.1, 0.15) is 4.83 Å². The smallest absolute Gasteiger partial charge is 0.374 e. The molecule has 0 bridgehead atoms. The van der Waals surface area contributed by atoms with Crippen LogP contribution in [0.3, 0.4) is 0 Å². The first-order chi connectivity index (χ1) is 9.20. The van der Waals surface area contributed by atoms with E-state index in [4.69, 9.17) is 4.74 Å². The van der Waals surface area contributed by atoms with E-state index >= 15 is 0 Å². The molecule has 2 aromatic rings. The average Bonchev–Trinajstić information content (AvgIpc) is 2.77. The fourth-order valence-corrected chi connectivity index (χ4v) is 4.63. The lowest BCUT2D eigenvalue weighted by molar-refractivity contribution is 0.0512. The van der Waals surface area contributed by atoms with Gasteiger partial charge in [-0.2, -0.15) is 0 Å². The van der Waals surface area contributed by atoms with E-state index in [1.54, 1.807) is 18.7 Å². The summed E-state index contributed by atoms with van der Waals surface area (Å²) < 4.78 is 6.01. The SMILES string of the molecule is CCOC(=O)c1nc2sc3c(c2c(=O)[nH]1)CCCS3. The summed E-state index contributed by atoms with van der Waals surface area (Å²) in [5.41, 5.74) is 0.841. The number of aromatic nitrogens is 2. The molecule has 1 N–H and O–H groups in total. The molecule has 0 atom stereocenters. The maximum Gasteiger partial charge on any atom is 0.374 e. The Hall–Kier alpha value is -1.34. The first-order valence-corrected chi connectivity index (χ1v) is 7.86. The normalized spacial score (nSPS) is 14.4. The van der Waals surface area contributed by atoms with Crippen molar-refractivity contribution >= 4 is 39.3 Å². The highest BCUT2D eigenvalue weighted by Gasteiger charge is 2.21. The van der Waals surface area contributed by atoms with E-state index in [1.807, 2.05) is 0 Å². The van der Waals surface area contributed by atoms with Gasteiger partial charge >= 0.3 is 5.97 Å². The van der Waals surface area contributed by atoms with E-state index in [0.29, 0.717) is 10.2 Å². The first kappa shape index (κ1) is 12.7. The molecule has 0 amide bonds. The second-order valence-electron chi connectivity index (χ2n) is 4.14. The summed E-state index contributed by atoms with van der Waals surface area (Å²) in [6.45, 7) is 1.98. The van der Waals surface area contributed by atoms with Gasteiger partial charge in [0.25, 0.3) is 5.56 Å². The number of thioether (sulfide) groups is 1. The lowest BCUT2D eigenvalue weighted by Gasteiger charge is -2.09. The predicted octanol–water partition coefficient (Wildman–Crippen LogP) is 2.20. The molecule has 7 heteroatoms. The first-order valence-electron chi connectivity index (χ1n) is 6.06. The van der Waals surface area contributed by atoms with Crippen LogP contribution in [0.5, 0.6) is 0 Å². The summed E-state index contributed by atoms with van der Waals surface area (Å²) in [4.78, 5) is 31.2. The summed E-state index contributed by atoms with van der Waals surface area (Å²) in [6, 6.07) is 0. The van der Waals surface area contributed by atoms with Gasteiger partial charge in [-0.05, 0) is 31.1 Å². The standard InChI is InChI=1S/C12H12N2O3S2/c1-2-17-11(16)8-13-9(15)7-6-4-3-5-18-12(6)19-10(7)14-8/h2-5H2,1H3,(H,13,14,15). The van der Waals surface area contributed by atoms with E-state index < -0.39 is 5.97 Å². The molecule has 1 aliphatic heterocycles. The van der Waals surface area contributed by atoms with Crippen LogP contribution in [0.25, 0.3) is 10.2 Å². The zero-order chi connectivity index (χ0) is 13.4. The zero-order valence-corrected chi connectivity index (χ0v) is 11.9. The maximum atomic E-state index is 12.1. The molecule has 2 aromatic heterocycles. The van der Waals surface area contributed by atoms with Crippen LogP contribution in [0.1, 0.15) is 29.5 Å². The highest BCUT2D eigenvalue weighted by atomic mass is 32.2. The number of thiophene rings is 1. The minimum atomic E-state index is -0.583. The molecule has 0 saturated heterocycles. The molecule has 100 valence electrons. The third-order valence-corrected chi connectivity index (χ3v) is 5.42. The van der Waals surface area contributed by atoms with Gasteiger partial charge < -0.3 is 9.72 Å². The number of aryl methyl sites for hydroxylation is 1. The number of H-pyrrole nitrogens is 1. The van der Waals surface area contributed by atoms with Crippen LogP contribution in [0.2, 0.25) is 0 Å². The van der Waals surface area contributed by atoms with Gasteiger partial charge in [-0.1, -0.05) is 0 Å². The van der Waals surface area contributed by atoms with Gasteiger partial charge in [0, 0.05) is 0 Å². The van der Waals surface area contributed by atoms with E-state index in [-0.39, 0.29) is 18.0 Å². The number of ether oxygens (including phenoxy) is 1. The molecule has 3 heterocycles. The molecule has 3 rings (SSSR count). The van der Waals surface area contributed by atoms with Crippen LogP contribution in [-0.4, -0.2) is 28.3 Å². The molecular weight excluding hydrogens is 284 g/mol. The van der Waals surface area contributed by atoms with E-state index in [1.165, 1.54) is 11.3 Å². The Bertz CT molecular complexity index is 705. The molecule has 0 aromatic carbocycles. The maximum absolute atomic E-state index is 12.1. The summed E-state index contributed by atoms with van der Waals surface area (Å²) in [6.07, 6.45) is 1.98. The van der Waals surface area contributed by atoms with Crippen molar-refractivity contribution in [3.63, 3.8) is 0 Å². The molecule has 0 aliphatic carbocycles. The Morgan fingerprint density at radius 3 is 3.16 bits per heavy atom. The van der Waals surface area contributed by atoms with Gasteiger partial charge in [0.2, 0.25) is 5.82 Å². The quantitative estimate of drug-likeness (QED) is 0.860. The highest BCUT2D eigenvalue weighted by Crippen LogP contribution is 2.39. The number of nitrogens with zero attached hydrogens (tertiary/aromatic N) is 1. The van der Waals surface area contributed by atoms with Crippen LogP contribution in [0.4, 0.5) is 0 Å². The third kappa shape index (κ3) is 2.17. The monoisotopic (exact) mass is 296 g/mol. The largest absolute Gasteiger partial charge is 0.460 e. The van der Waals surface area contributed by atoms with Gasteiger partial charge in [0.15, 0.2) is 0 Å². The predicted molar refractivity (Wildman–Crippen MR) is 75.2 cm³/mol. The van der Waals surface area contributed by atoms with Crippen molar-refractivity contribution in [1.82, 2.24) is 9.97 Å². The molecular formula is C12H12N2O3S2. The fourth-order valence-electron chi connectivity index (χ4n) is 2.10. The number of aromatic amines is 1. The van der Waals surface area contributed by atoms with Crippen molar-refractivity contribution in [2.45, 2.75) is 24.0 Å². The molecule has 19 heavy (non-hydrogen) atoms. The Kier molecular flexibility index (Phi) is 3.32. The lowest BCUT2D eigenvalue weighted by atomic mass is 10.1. The number of rotatable bonds is 2.